The molecule has 0 aromatic carbocycles. The highest BCUT2D eigenvalue weighted by atomic mass is 35.5. The van der Waals surface area contributed by atoms with E-state index in [4.69, 9.17) is 27.9 Å². The molecule has 19 heavy (non-hydrogen) atoms. The van der Waals surface area contributed by atoms with Crippen molar-refractivity contribution in [3.8, 4) is 0 Å². The van der Waals surface area contributed by atoms with Crippen molar-refractivity contribution in [1.29, 1.82) is 0 Å². The number of alkyl halides is 1. The van der Waals surface area contributed by atoms with Crippen LogP contribution in [0.15, 0.2) is 0 Å². The van der Waals surface area contributed by atoms with Gasteiger partial charge in [-0.15, -0.1) is 11.6 Å². The van der Waals surface area contributed by atoms with Gasteiger partial charge in [-0.3, -0.25) is 9.58 Å². The van der Waals surface area contributed by atoms with E-state index in [0.717, 1.165) is 42.6 Å². The Morgan fingerprint density at radius 1 is 1.42 bits per heavy atom. The smallest absolute Gasteiger partial charge is 0.0860 e. The molecule has 6 heteroatoms. The van der Waals surface area contributed by atoms with E-state index in [9.17, 15) is 0 Å². The third-order valence-corrected chi connectivity index (χ3v) is 4.24. The number of hydrogen-bond acceptors (Lipinski definition) is 3. The Hall–Kier alpha value is -0.290. The van der Waals surface area contributed by atoms with Gasteiger partial charge < -0.3 is 4.74 Å². The van der Waals surface area contributed by atoms with Crippen molar-refractivity contribution >= 4 is 23.2 Å². The number of aryl methyl sites for hydroxylation is 2. The van der Waals surface area contributed by atoms with Crippen molar-refractivity contribution in [2.75, 3.05) is 19.0 Å². The third-order valence-electron chi connectivity index (χ3n) is 3.40. The van der Waals surface area contributed by atoms with Crippen LogP contribution < -0.4 is 0 Å². The fourth-order valence-electron chi connectivity index (χ4n) is 2.59. The minimum Gasteiger partial charge on any atom is -0.371 e. The van der Waals surface area contributed by atoms with Crippen LogP contribution in [0.2, 0.25) is 5.02 Å². The van der Waals surface area contributed by atoms with Gasteiger partial charge in [0.05, 0.1) is 28.6 Å². The molecule has 0 bridgehead atoms. The van der Waals surface area contributed by atoms with Crippen LogP contribution >= 0.6 is 23.2 Å². The Bertz CT molecular complexity index is 436. The summed E-state index contributed by atoms with van der Waals surface area (Å²) in [6, 6.07) is 0. The van der Waals surface area contributed by atoms with Gasteiger partial charge in [0.15, 0.2) is 0 Å². The molecule has 4 nitrogen and oxygen atoms in total. The first-order chi connectivity index (χ1) is 9.05. The standard InChI is InChI=1S/C13H21Cl2N3O/c1-4-18-12(13(15)10(3)16-18)8-17-6-9(2)19-11(5-14)7-17/h9,11H,4-8H2,1-3H3. The van der Waals surface area contributed by atoms with Crippen LogP contribution in [-0.4, -0.2) is 45.9 Å². The second-order valence-corrected chi connectivity index (χ2v) is 5.77. The molecule has 1 saturated heterocycles. The average molecular weight is 306 g/mol. The molecular formula is C13H21Cl2N3O. The lowest BCUT2D eigenvalue weighted by Gasteiger charge is -2.36. The number of halogens is 2. The maximum Gasteiger partial charge on any atom is 0.0860 e. The van der Waals surface area contributed by atoms with Crippen molar-refractivity contribution in [3.05, 3.63) is 16.4 Å². The van der Waals surface area contributed by atoms with Gasteiger partial charge in [0.2, 0.25) is 0 Å². The van der Waals surface area contributed by atoms with Gasteiger partial charge >= 0.3 is 0 Å². The number of morpholine rings is 1. The second kappa shape index (κ2) is 6.44. The maximum atomic E-state index is 6.35. The molecule has 0 aliphatic carbocycles. The van der Waals surface area contributed by atoms with Gasteiger partial charge in [0, 0.05) is 32.1 Å². The highest BCUT2D eigenvalue weighted by Gasteiger charge is 2.26. The number of nitrogens with zero attached hydrogens (tertiary/aromatic N) is 3. The van der Waals surface area contributed by atoms with Crippen LogP contribution in [0.4, 0.5) is 0 Å². The van der Waals surface area contributed by atoms with Crippen molar-refractivity contribution in [1.82, 2.24) is 14.7 Å². The van der Waals surface area contributed by atoms with E-state index in [1.54, 1.807) is 0 Å². The lowest BCUT2D eigenvalue weighted by molar-refractivity contribution is -0.0694. The quantitative estimate of drug-likeness (QED) is 0.801. The second-order valence-electron chi connectivity index (χ2n) is 5.08. The highest BCUT2D eigenvalue weighted by Crippen LogP contribution is 2.23. The topological polar surface area (TPSA) is 30.3 Å². The molecule has 2 unspecified atom stereocenters. The first-order valence-electron chi connectivity index (χ1n) is 6.70. The Balaban J connectivity index is 2.12. The van der Waals surface area contributed by atoms with Crippen molar-refractivity contribution in [2.45, 2.75) is 46.1 Å². The molecule has 0 radical (unpaired) electrons. The summed E-state index contributed by atoms with van der Waals surface area (Å²) in [5.41, 5.74) is 1.98. The summed E-state index contributed by atoms with van der Waals surface area (Å²) in [6.45, 7) is 9.49. The molecule has 1 fully saturated rings. The Morgan fingerprint density at radius 2 is 2.16 bits per heavy atom. The van der Waals surface area contributed by atoms with E-state index < -0.39 is 0 Å². The SMILES string of the molecule is CCn1nc(C)c(Cl)c1CN1CC(C)OC(CCl)C1. The van der Waals surface area contributed by atoms with Gasteiger partial charge in [0.25, 0.3) is 0 Å². The predicted molar refractivity (Wildman–Crippen MR) is 78.0 cm³/mol. The number of rotatable bonds is 4. The number of ether oxygens (including phenoxy) is 1. The fourth-order valence-corrected chi connectivity index (χ4v) is 2.95. The summed E-state index contributed by atoms with van der Waals surface area (Å²) < 4.78 is 7.75. The van der Waals surface area contributed by atoms with Crippen LogP contribution in [-0.2, 0) is 17.8 Å². The first-order valence-corrected chi connectivity index (χ1v) is 7.62. The monoisotopic (exact) mass is 305 g/mol. The zero-order valence-corrected chi connectivity index (χ0v) is 13.2. The normalized spacial score (nSPS) is 24.9. The molecule has 2 rings (SSSR count). The molecule has 1 aliphatic heterocycles. The summed E-state index contributed by atoms with van der Waals surface area (Å²) >= 11 is 12.3. The summed E-state index contributed by atoms with van der Waals surface area (Å²) in [5.74, 6) is 0.528. The molecule has 2 atom stereocenters. The lowest BCUT2D eigenvalue weighted by atomic mass is 10.2. The van der Waals surface area contributed by atoms with E-state index in [1.165, 1.54) is 0 Å². The molecule has 0 saturated carbocycles. The summed E-state index contributed by atoms with van der Waals surface area (Å²) in [6.07, 6.45) is 0.304. The van der Waals surface area contributed by atoms with Gasteiger partial charge in [-0.25, -0.2) is 0 Å². The molecule has 1 aromatic rings. The fraction of sp³-hybridized carbons (Fsp3) is 0.769. The molecule has 0 amide bonds. The van der Waals surface area contributed by atoms with E-state index >= 15 is 0 Å². The predicted octanol–water partition coefficient (Wildman–Crippen LogP) is 2.69. The van der Waals surface area contributed by atoms with E-state index in [1.807, 2.05) is 11.6 Å². The van der Waals surface area contributed by atoms with Crippen LogP contribution in [0.25, 0.3) is 0 Å². The van der Waals surface area contributed by atoms with E-state index in [0.29, 0.717) is 5.88 Å². The maximum absolute atomic E-state index is 6.35. The Labute approximate surface area is 124 Å². The zero-order chi connectivity index (χ0) is 14.0. The average Bonchev–Trinajstić information content (AvgIpc) is 2.65. The third kappa shape index (κ3) is 3.43. The molecule has 1 aliphatic rings. The number of hydrogen-bond donors (Lipinski definition) is 0. The molecule has 2 heterocycles. The van der Waals surface area contributed by atoms with E-state index in [-0.39, 0.29) is 12.2 Å². The van der Waals surface area contributed by atoms with Gasteiger partial charge in [0.1, 0.15) is 0 Å². The Morgan fingerprint density at radius 3 is 2.79 bits per heavy atom. The minimum absolute atomic E-state index is 0.100. The number of aromatic nitrogens is 2. The zero-order valence-electron chi connectivity index (χ0n) is 11.7. The van der Waals surface area contributed by atoms with Crippen molar-refractivity contribution in [3.63, 3.8) is 0 Å². The summed E-state index contributed by atoms with van der Waals surface area (Å²) in [7, 11) is 0. The lowest BCUT2D eigenvalue weighted by Crippen LogP contribution is -2.47. The van der Waals surface area contributed by atoms with Gasteiger partial charge in [-0.05, 0) is 20.8 Å². The van der Waals surface area contributed by atoms with Crippen LogP contribution in [0, 0.1) is 6.92 Å². The van der Waals surface area contributed by atoms with Crippen molar-refractivity contribution in [2.24, 2.45) is 0 Å². The first kappa shape index (κ1) is 15.1. The van der Waals surface area contributed by atoms with Crippen LogP contribution in [0.3, 0.4) is 0 Å². The Kier molecular flexibility index (Phi) is 5.12. The summed E-state index contributed by atoms with van der Waals surface area (Å²) in [4.78, 5) is 2.34. The van der Waals surface area contributed by atoms with Crippen LogP contribution in [0.5, 0.6) is 0 Å². The molecule has 0 spiro atoms. The molecule has 0 N–H and O–H groups in total. The highest BCUT2D eigenvalue weighted by molar-refractivity contribution is 6.31. The minimum atomic E-state index is 0.100. The molecule has 108 valence electrons. The van der Waals surface area contributed by atoms with E-state index in [2.05, 4.69) is 23.8 Å². The van der Waals surface area contributed by atoms with Gasteiger partial charge in [-0.2, -0.15) is 5.10 Å². The molecule has 1 aromatic heterocycles. The van der Waals surface area contributed by atoms with Crippen LogP contribution in [0.1, 0.15) is 25.2 Å². The van der Waals surface area contributed by atoms with Crippen molar-refractivity contribution < 1.29 is 4.74 Å². The largest absolute Gasteiger partial charge is 0.371 e. The molecular weight excluding hydrogens is 285 g/mol. The van der Waals surface area contributed by atoms with Gasteiger partial charge in [-0.1, -0.05) is 11.6 Å². The summed E-state index contributed by atoms with van der Waals surface area (Å²) in [5, 5.41) is 5.23.